The lowest BCUT2D eigenvalue weighted by atomic mass is 10.00. The number of esters is 1. The largest absolute Gasteiger partial charge is 0.508 e. The lowest BCUT2D eigenvalue weighted by Gasteiger charge is -2.17. The SMILES string of the molecule is CCOC(=O)C(F)[C@H](N)c1cc(C#N)ccc1O.Cl. The molecule has 1 aromatic rings. The normalized spacial score (nSPS) is 12.7. The van der Waals surface area contributed by atoms with Gasteiger partial charge in [-0.25, -0.2) is 9.18 Å². The molecule has 3 N–H and O–H groups in total. The average Bonchev–Trinajstić information content (AvgIpc) is 2.38. The number of nitriles is 1. The zero-order chi connectivity index (χ0) is 13.7. The highest BCUT2D eigenvalue weighted by molar-refractivity contribution is 5.85. The molecular formula is C12H14ClFN2O3. The number of benzene rings is 1. The van der Waals surface area contributed by atoms with Gasteiger partial charge in [-0.05, 0) is 25.1 Å². The van der Waals surface area contributed by atoms with Crippen LogP contribution in [0.1, 0.15) is 24.1 Å². The maximum atomic E-state index is 13.7. The lowest BCUT2D eigenvalue weighted by Crippen LogP contribution is -2.31. The summed E-state index contributed by atoms with van der Waals surface area (Å²) in [7, 11) is 0. The molecule has 104 valence electrons. The standard InChI is InChI=1S/C12H13FN2O3.ClH/c1-2-18-12(17)10(13)11(15)8-5-7(6-14)3-4-9(8)16;/h3-5,10-11,16H,2,15H2,1H3;1H/t10?,11-;/m1./s1. The van der Waals surface area contributed by atoms with Gasteiger partial charge in [-0.1, -0.05) is 0 Å². The Labute approximate surface area is 116 Å². The number of hydrogen-bond acceptors (Lipinski definition) is 5. The van der Waals surface area contributed by atoms with Crippen molar-refractivity contribution in [3.63, 3.8) is 0 Å². The number of nitrogens with zero attached hydrogens (tertiary/aromatic N) is 1. The van der Waals surface area contributed by atoms with Crippen molar-refractivity contribution in [1.29, 1.82) is 5.26 Å². The van der Waals surface area contributed by atoms with E-state index in [1.165, 1.54) is 18.2 Å². The summed E-state index contributed by atoms with van der Waals surface area (Å²) in [6.45, 7) is 1.58. The van der Waals surface area contributed by atoms with Gasteiger partial charge in [-0.15, -0.1) is 12.4 Å². The number of phenolic OH excluding ortho intramolecular Hbond substituents is 1. The molecule has 0 aliphatic carbocycles. The summed E-state index contributed by atoms with van der Waals surface area (Å²) in [5.74, 6) is -1.36. The minimum Gasteiger partial charge on any atom is -0.508 e. The number of phenols is 1. The topological polar surface area (TPSA) is 96.3 Å². The number of rotatable bonds is 4. The first-order valence-electron chi connectivity index (χ1n) is 5.30. The molecule has 0 spiro atoms. The van der Waals surface area contributed by atoms with Crippen molar-refractivity contribution in [2.24, 2.45) is 5.73 Å². The van der Waals surface area contributed by atoms with Crippen LogP contribution in [0.3, 0.4) is 0 Å². The van der Waals surface area contributed by atoms with Crippen molar-refractivity contribution in [3.8, 4) is 11.8 Å². The van der Waals surface area contributed by atoms with E-state index in [-0.39, 0.29) is 35.9 Å². The van der Waals surface area contributed by atoms with Crippen LogP contribution in [0.15, 0.2) is 18.2 Å². The van der Waals surface area contributed by atoms with Crippen LogP contribution in [0.4, 0.5) is 4.39 Å². The van der Waals surface area contributed by atoms with Gasteiger partial charge in [-0.2, -0.15) is 5.26 Å². The van der Waals surface area contributed by atoms with E-state index in [0.29, 0.717) is 0 Å². The molecule has 0 amide bonds. The van der Waals surface area contributed by atoms with Crippen molar-refractivity contribution in [1.82, 2.24) is 0 Å². The molecule has 0 aromatic heterocycles. The number of hydrogen-bond donors (Lipinski definition) is 2. The summed E-state index contributed by atoms with van der Waals surface area (Å²) >= 11 is 0. The van der Waals surface area contributed by atoms with E-state index >= 15 is 0 Å². The zero-order valence-corrected chi connectivity index (χ0v) is 11.0. The third-order valence-electron chi connectivity index (χ3n) is 2.34. The van der Waals surface area contributed by atoms with E-state index in [1.807, 2.05) is 6.07 Å². The van der Waals surface area contributed by atoms with Crippen LogP contribution >= 0.6 is 12.4 Å². The summed E-state index contributed by atoms with van der Waals surface area (Å²) < 4.78 is 18.2. The molecule has 0 saturated heterocycles. The third kappa shape index (κ3) is 4.09. The van der Waals surface area contributed by atoms with Crippen LogP contribution in [0, 0.1) is 11.3 Å². The second kappa shape index (κ2) is 7.56. The van der Waals surface area contributed by atoms with E-state index in [9.17, 15) is 14.3 Å². The zero-order valence-electron chi connectivity index (χ0n) is 10.2. The summed E-state index contributed by atoms with van der Waals surface area (Å²) in [5, 5.41) is 18.3. The van der Waals surface area contributed by atoms with E-state index < -0.39 is 18.2 Å². The maximum Gasteiger partial charge on any atom is 0.342 e. The van der Waals surface area contributed by atoms with Gasteiger partial charge in [0.1, 0.15) is 5.75 Å². The van der Waals surface area contributed by atoms with Gasteiger partial charge in [0.05, 0.1) is 24.3 Å². The Hall–Kier alpha value is -1.84. The number of carbonyl (C=O) groups is 1. The molecule has 19 heavy (non-hydrogen) atoms. The first-order valence-corrected chi connectivity index (χ1v) is 5.30. The number of carbonyl (C=O) groups excluding carboxylic acids is 1. The number of nitrogens with two attached hydrogens (primary N) is 1. The van der Waals surface area contributed by atoms with Crippen molar-refractivity contribution in [3.05, 3.63) is 29.3 Å². The van der Waals surface area contributed by atoms with Crippen LogP contribution in [0.5, 0.6) is 5.75 Å². The molecule has 1 aromatic carbocycles. The Balaban J connectivity index is 0.00000324. The van der Waals surface area contributed by atoms with Gasteiger partial charge in [-0.3, -0.25) is 0 Å². The van der Waals surface area contributed by atoms with Gasteiger partial charge in [0.2, 0.25) is 6.17 Å². The van der Waals surface area contributed by atoms with E-state index in [4.69, 9.17) is 11.0 Å². The lowest BCUT2D eigenvalue weighted by molar-refractivity contribution is -0.149. The quantitative estimate of drug-likeness (QED) is 0.820. The summed E-state index contributed by atoms with van der Waals surface area (Å²) in [6, 6.07) is 4.29. The summed E-state index contributed by atoms with van der Waals surface area (Å²) in [5.41, 5.74) is 5.76. The molecule has 7 heteroatoms. The van der Waals surface area contributed by atoms with Gasteiger partial charge in [0.25, 0.3) is 0 Å². The maximum absolute atomic E-state index is 13.7. The molecule has 5 nitrogen and oxygen atoms in total. The highest BCUT2D eigenvalue weighted by atomic mass is 35.5. The molecule has 0 radical (unpaired) electrons. The first kappa shape index (κ1) is 17.2. The smallest absolute Gasteiger partial charge is 0.342 e. The number of alkyl halides is 1. The van der Waals surface area contributed by atoms with Gasteiger partial charge >= 0.3 is 5.97 Å². The van der Waals surface area contributed by atoms with Crippen LogP contribution in [-0.2, 0) is 9.53 Å². The Kier molecular flexibility index (Phi) is 6.83. The average molecular weight is 289 g/mol. The monoisotopic (exact) mass is 288 g/mol. The van der Waals surface area contributed by atoms with Crippen LogP contribution in [-0.4, -0.2) is 23.9 Å². The molecule has 0 heterocycles. The second-order valence-electron chi connectivity index (χ2n) is 3.56. The Morgan fingerprint density at radius 1 is 1.63 bits per heavy atom. The van der Waals surface area contributed by atoms with Crippen molar-refractivity contribution in [2.45, 2.75) is 19.1 Å². The predicted molar refractivity (Wildman–Crippen MR) is 68.5 cm³/mol. The third-order valence-corrected chi connectivity index (χ3v) is 2.34. The van der Waals surface area contributed by atoms with Gasteiger partial charge in [0.15, 0.2) is 0 Å². The molecule has 0 aliphatic heterocycles. The molecule has 1 rings (SSSR count). The highest BCUT2D eigenvalue weighted by Gasteiger charge is 2.29. The fraction of sp³-hybridized carbons (Fsp3) is 0.333. The predicted octanol–water partition coefficient (Wildman–Crippen LogP) is 1.59. The molecule has 0 saturated carbocycles. The number of halogens is 2. The molecule has 2 atom stereocenters. The molecule has 0 bridgehead atoms. The van der Waals surface area contributed by atoms with E-state index in [2.05, 4.69) is 4.74 Å². The van der Waals surface area contributed by atoms with E-state index in [1.54, 1.807) is 6.92 Å². The van der Waals surface area contributed by atoms with Crippen molar-refractivity contribution < 1.29 is 19.0 Å². The minimum atomic E-state index is -2.09. The molecule has 1 unspecified atom stereocenters. The fourth-order valence-corrected chi connectivity index (χ4v) is 1.42. The molecular weight excluding hydrogens is 275 g/mol. The minimum absolute atomic E-state index is 0. The van der Waals surface area contributed by atoms with E-state index in [0.717, 1.165) is 0 Å². The summed E-state index contributed by atoms with van der Waals surface area (Å²) in [6.07, 6.45) is -2.09. The number of ether oxygens (including phenoxy) is 1. The van der Waals surface area contributed by atoms with Crippen molar-refractivity contribution >= 4 is 18.4 Å². The molecule has 0 aliphatic rings. The summed E-state index contributed by atoms with van der Waals surface area (Å²) in [4.78, 5) is 11.2. The highest BCUT2D eigenvalue weighted by Crippen LogP contribution is 2.27. The first-order chi connectivity index (χ1) is 8.51. The van der Waals surface area contributed by atoms with Crippen LogP contribution < -0.4 is 5.73 Å². The van der Waals surface area contributed by atoms with Crippen LogP contribution in [0.25, 0.3) is 0 Å². The second-order valence-corrected chi connectivity index (χ2v) is 3.56. The fourth-order valence-electron chi connectivity index (χ4n) is 1.42. The molecule has 0 fully saturated rings. The van der Waals surface area contributed by atoms with Crippen molar-refractivity contribution in [2.75, 3.05) is 6.61 Å². The Morgan fingerprint density at radius 2 is 2.26 bits per heavy atom. The van der Waals surface area contributed by atoms with Gasteiger partial charge in [0, 0.05) is 5.56 Å². The number of aromatic hydroxyl groups is 1. The van der Waals surface area contributed by atoms with Gasteiger partial charge < -0.3 is 15.6 Å². The van der Waals surface area contributed by atoms with Crippen LogP contribution in [0.2, 0.25) is 0 Å². The Bertz CT molecular complexity index is 490. The Morgan fingerprint density at radius 3 is 2.79 bits per heavy atom.